The van der Waals surface area contributed by atoms with Gasteiger partial charge in [-0.25, -0.2) is 0 Å². The molecule has 0 bridgehead atoms. The molecule has 2 aromatic carbocycles. The van der Waals surface area contributed by atoms with E-state index in [1.165, 1.54) is 25.1 Å². The lowest BCUT2D eigenvalue weighted by Crippen LogP contribution is -2.29. The molecule has 7 heteroatoms. The summed E-state index contributed by atoms with van der Waals surface area (Å²) in [6, 6.07) is 14.4. The average molecular weight is 348 g/mol. The second-order valence-corrected chi connectivity index (χ2v) is 5.29. The van der Waals surface area contributed by atoms with Crippen molar-refractivity contribution in [1.29, 1.82) is 0 Å². The van der Waals surface area contributed by atoms with Gasteiger partial charge in [-0.15, -0.1) is 0 Å². The summed E-state index contributed by atoms with van der Waals surface area (Å²) < 4.78 is 29.2. The summed E-state index contributed by atoms with van der Waals surface area (Å²) in [5, 5.41) is 5.25. The molecule has 2 N–H and O–H groups in total. The summed E-state index contributed by atoms with van der Waals surface area (Å²) in [6.45, 7) is -1.63. The number of ether oxygens (including phenoxy) is 1. The van der Waals surface area contributed by atoms with Crippen molar-refractivity contribution in [2.24, 2.45) is 0 Å². The van der Waals surface area contributed by atoms with Crippen molar-refractivity contribution < 1.29 is 23.1 Å². The minimum Gasteiger partial charge on any atom is -0.433 e. The molecule has 1 atom stereocenters. The van der Waals surface area contributed by atoms with Crippen LogP contribution in [0.3, 0.4) is 0 Å². The van der Waals surface area contributed by atoms with Gasteiger partial charge in [0.15, 0.2) is 0 Å². The fourth-order valence-electron chi connectivity index (χ4n) is 2.34. The average Bonchev–Trinajstić information content (AvgIpc) is 2.56. The second-order valence-electron chi connectivity index (χ2n) is 5.29. The Morgan fingerprint density at radius 2 is 1.68 bits per heavy atom. The van der Waals surface area contributed by atoms with Crippen LogP contribution >= 0.6 is 0 Å². The third-order valence-corrected chi connectivity index (χ3v) is 3.35. The lowest BCUT2D eigenvalue weighted by Gasteiger charge is -2.18. The second kappa shape index (κ2) is 8.77. The van der Waals surface area contributed by atoms with Crippen molar-refractivity contribution in [3.05, 3.63) is 60.2 Å². The normalized spacial score (nSPS) is 11.7. The summed E-state index contributed by atoms with van der Waals surface area (Å²) in [6.07, 6.45) is -0.0490. The highest BCUT2D eigenvalue weighted by atomic mass is 19.3. The Hall–Kier alpha value is -2.96. The summed E-state index contributed by atoms with van der Waals surface area (Å²) in [5.74, 6) is -0.836. The van der Waals surface area contributed by atoms with E-state index in [0.717, 1.165) is 5.56 Å². The van der Waals surface area contributed by atoms with Gasteiger partial charge in [-0.3, -0.25) is 9.59 Å². The number of hydrogen-bond donors (Lipinski definition) is 2. The molecule has 2 amide bonds. The monoisotopic (exact) mass is 348 g/mol. The van der Waals surface area contributed by atoms with Gasteiger partial charge < -0.3 is 15.4 Å². The molecule has 0 unspecified atom stereocenters. The van der Waals surface area contributed by atoms with Gasteiger partial charge in [0.25, 0.3) is 0 Å². The van der Waals surface area contributed by atoms with Crippen LogP contribution in [0.1, 0.15) is 24.9 Å². The van der Waals surface area contributed by atoms with Gasteiger partial charge in [-0.05, 0) is 17.7 Å². The van der Waals surface area contributed by atoms with Crippen LogP contribution in [0.15, 0.2) is 54.6 Å². The van der Waals surface area contributed by atoms with Gasteiger partial charge in [0.1, 0.15) is 5.75 Å². The van der Waals surface area contributed by atoms with E-state index in [9.17, 15) is 18.4 Å². The third-order valence-electron chi connectivity index (χ3n) is 3.35. The Kier molecular flexibility index (Phi) is 6.45. The van der Waals surface area contributed by atoms with E-state index in [1.807, 2.05) is 6.07 Å². The third kappa shape index (κ3) is 5.87. The highest BCUT2D eigenvalue weighted by Gasteiger charge is 2.18. The summed E-state index contributed by atoms with van der Waals surface area (Å²) in [5.41, 5.74) is 0.910. The number of para-hydroxylation sites is 2. The minimum absolute atomic E-state index is 0.0490. The van der Waals surface area contributed by atoms with Crippen LogP contribution in [0.5, 0.6) is 5.75 Å². The number of halogens is 2. The van der Waals surface area contributed by atoms with E-state index < -0.39 is 18.6 Å². The van der Waals surface area contributed by atoms with E-state index in [4.69, 9.17) is 0 Å². The molecule has 0 heterocycles. The largest absolute Gasteiger partial charge is 0.433 e. The zero-order valence-electron chi connectivity index (χ0n) is 13.5. The number of rotatable bonds is 7. The molecule has 0 radical (unpaired) electrons. The standard InChI is InChI=1S/C18H18F2N2O3/c1-12(23)21-15(13-7-3-2-4-8-13)11-17(24)22-14-9-5-6-10-16(14)25-18(19)20/h2-10,15,18H,11H2,1H3,(H,21,23)(H,22,24)/t15-/m1/s1. The molecule has 25 heavy (non-hydrogen) atoms. The molecule has 0 saturated heterocycles. The topological polar surface area (TPSA) is 67.4 Å². The lowest BCUT2D eigenvalue weighted by molar-refractivity contribution is -0.120. The molecule has 5 nitrogen and oxygen atoms in total. The zero-order chi connectivity index (χ0) is 18.2. The van der Waals surface area contributed by atoms with Crippen LogP contribution in [0, 0.1) is 0 Å². The predicted octanol–water partition coefficient (Wildman–Crippen LogP) is 3.49. The van der Waals surface area contributed by atoms with Crippen LogP contribution in [0.2, 0.25) is 0 Å². The van der Waals surface area contributed by atoms with Crippen molar-refractivity contribution >= 4 is 17.5 Å². The fourth-order valence-corrected chi connectivity index (χ4v) is 2.34. The number of carbonyl (C=O) groups excluding carboxylic acids is 2. The van der Waals surface area contributed by atoms with Crippen LogP contribution in [0.25, 0.3) is 0 Å². The summed E-state index contributed by atoms with van der Waals surface area (Å²) in [4.78, 5) is 23.7. The summed E-state index contributed by atoms with van der Waals surface area (Å²) >= 11 is 0. The van der Waals surface area contributed by atoms with Gasteiger partial charge >= 0.3 is 6.61 Å². The molecule has 0 saturated carbocycles. The first-order valence-corrected chi connectivity index (χ1v) is 7.61. The maximum Gasteiger partial charge on any atom is 0.387 e. The zero-order valence-corrected chi connectivity index (χ0v) is 13.5. The maximum atomic E-state index is 12.4. The molecule has 0 aromatic heterocycles. The first-order chi connectivity index (χ1) is 12.0. The van der Waals surface area contributed by atoms with E-state index in [-0.39, 0.29) is 23.8 Å². The number of alkyl halides is 2. The van der Waals surface area contributed by atoms with Gasteiger partial charge in [-0.2, -0.15) is 8.78 Å². The van der Waals surface area contributed by atoms with Gasteiger partial charge in [0.2, 0.25) is 11.8 Å². The SMILES string of the molecule is CC(=O)N[C@H](CC(=O)Nc1ccccc1OC(F)F)c1ccccc1. The fraction of sp³-hybridized carbons (Fsp3) is 0.222. The van der Waals surface area contributed by atoms with Crippen molar-refractivity contribution in [1.82, 2.24) is 5.32 Å². The van der Waals surface area contributed by atoms with Gasteiger partial charge in [0, 0.05) is 6.92 Å². The Balaban J connectivity index is 2.10. The number of anilines is 1. The number of amides is 2. The van der Waals surface area contributed by atoms with E-state index in [0.29, 0.717) is 0 Å². The number of carbonyl (C=O) groups is 2. The maximum absolute atomic E-state index is 12.4. The molecular weight excluding hydrogens is 330 g/mol. The van der Waals surface area contributed by atoms with Crippen molar-refractivity contribution in [2.75, 3.05) is 5.32 Å². The molecule has 0 aliphatic rings. The molecule has 0 fully saturated rings. The quantitative estimate of drug-likeness (QED) is 0.805. The van der Waals surface area contributed by atoms with Crippen LogP contribution < -0.4 is 15.4 Å². The highest BCUT2D eigenvalue weighted by molar-refractivity contribution is 5.93. The molecule has 2 aromatic rings. The highest BCUT2D eigenvalue weighted by Crippen LogP contribution is 2.26. The first-order valence-electron chi connectivity index (χ1n) is 7.61. The Morgan fingerprint density at radius 1 is 1.04 bits per heavy atom. The molecule has 0 aliphatic heterocycles. The van der Waals surface area contributed by atoms with Crippen molar-refractivity contribution in [3.63, 3.8) is 0 Å². The number of hydrogen-bond acceptors (Lipinski definition) is 3. The van der Waals surface area contributed by atoms with E-state index >= 15 is 0 Å². The molecular formula is C18H18F2N2O3. The minimum atomic E-state index is -2.99. The smallest absolute Gasteiger partial charge is 0.387 e. The van der Waals surface area contributed by atoms with Gasteiger partial charge in [0.05, 0.1) is 18.2 Å². The predicted molar refractivity (Wildman–Crippen MR) is 89.3 cm³/mol. The molecule has 132 valence electrons. The Morgan fingerprint density at radius 3 is 2.32 bits per heavy atom. The van der Waals surface area contributed by atoms with Crippen LogP contribution in [-0.4, -0.2) is 18.4 Å². The Labute approximate surface area is 144 Å². The molecule has 2 rings (SSSR count). The molecule has 0 aliphatic carbocycles. The molecule has 0 spiro atoms. The van der Waals surface area contributed by atoms with Gasteiger partial charge in [-0.1, -0.05) is 42.5 Å². The van der Waals surface area contributed by atoms with Crippen molar-refractivity contribution in [2.45, 2.75) is 26.0 Å². The number of nitrogens with one attached hydrogen (secondary N) is 2. The number of benzene rings is 2. The van der Waals surface area contributed by atoms with Crippen LogP contribution in [-0.2, 0) is 9.59 Å². The lowest BCUT2D eigenvalue weighted by atomic mass is 10.0. The van der Waals surface area contributed by atoms with Crippen molar-refractivity contribution in [3.8, 4) is 5.75 Å². The van der Waals surface area contributed by atoms with E-state index in [2.05, 4.69) is 15.4 Å². The van der Waals surface area contributed by atoms with E-state index in [1.54, 1.807) is 30.3 Å². The van der Waals surface area contributed by atoms with Crippen LogP contribution in [0.4, 0.5) is 14.5 Å². The Bertz CT molecular complexity index is 723. The summed E-state index contributed by atoms with van der Waals surface area (Å²) in [7, 11) is 0. The first kappa shape index (κ1) is 18.4.